The van der Waals surface area contributed by atoms with Crippen LogP contribution in [0, 0.1) is 6.92 Å². The van der Waals surface area contributed by atoms with E-state index in [4.69, 9.17) is 0 Å². The van der Waals surface area contributed by atoms with Gasteiger partial charge in [0.25, 0.3) is 0 Å². The van der Waals surface area contributed by atoms with Gasteiger partial charge in [-0.1, -0.05) is 13.8 Å². The second kappa shape index (κ2) is 4.26. The van der Waals surface area contributed by atoms with Crippen LogP contribution in [-0.4, -0.2) is 12.6 Å². The van der Waals surface area contributed by atoms with Crippen molar-refractivity contribution in [1.82, 2.24) is 5.32 Å². The molecule has 2 rings (SSSR count). The Labute approximate surface area is 96.9 Å². The third kappa shape index (κ3) is 2.26. The number of hydrogen-bond donors (Lipinski definition) is 1. The molecule has 1 fully saturated rings. The minimum atomic E-state index is 0.428. The highest BCUT2D eigenvalue weighted by Crippen LogP contribution is 2.42. The molecule has 2 atom stereocenters. The van der Waals surface area contributed by atoms with Crippen molar-refractivity contribution >= 4 is 11.3 Å². The standard InChI is InChI=1S/C13H21NS/c1-4-14-12-5-6-13(3,8-12)11-7-10(2)15-9-11/h7,9,12,14H,4-6,8H2,1-3H3. The smallest absolute Gasteiger partial charge is 0.00756 e. The van der Waals surface area contributed by atoms with E-state index in [1.807, 2.05) is 11.3 Å². The van der Waals surface area contributed by atoms with E-state index in [0.29, 0.717) is 5.41 Å². The summed E-state index contributed by atoms with van der Waals surface area (Å²) in [5.74, 6) is 0. The Morgan fingerprint density at radius 1 is 1.60 bits per heavy atom. The van der Waals surface area contributed by atoms with Gasteiger partial charge < -0.3 is 5.32 Å². The van der Waals surface area contributed by atoms with E-state index in [9.17, 15) is 0 Å². The molecular formula is C13H21NS. The molecule has 0 spiro atoms. The summed E-state index contributed by atoms with van der Waals surface area (Å²) in [4.78, 5) is 1.44. The quantitative estimate of drug-likeness (QED) is 0.827. The van der Waals surface area contributed by atoms with E-state index < -0.39 is 0 Å². The fourth-order valence-electron chi connectivity index (χ4n) is 2.73. The zero-order chi connectivity index (χ0) is 10.9. The minimum Gasteiger partial charge on any atom is -0.314 e. The Morgan fingerprint density at radius 2 is 2.40 bits per heavy atom. The van der Waals surface area contributed by atoms with Gasteiger partial charge in [0.15, 0.2) is 0 Å². The minimum absolute atomic E-state index is 0.428. The Balaban J connectivity index is 2.09. The number of aryl methyl sites for hydroxylation is 1. The second-order valence-corrected chi connectivity index (χ2v) is 6.12. The molecule has 0 amide bonds. The van der Waals surface area contributed by atoms with Crippen LogP contribution in [0.4, 0.5) is 0 Å². The van der Waals surface area contributed by atoms with E-state index in [0.717, 1.165) is 12.6 Å². The first kappa shape index (κ1) is 11.2. The zero-order valence-corrected chi connectivity index (χ0v) is 10.8. The molecule has 1 aromatic heterocycles. The number of nitrogens with one attached hydrogen (secondary N) is 1. The monoisotopic (exact) mass is 223 g/mol. The first-order valence-corrected chi connectivity index (χ1v) is 6.81. The molecule has 0 bridgehead atoms. The van der Waals surface area contributed by atoms with Crippen molar-refractivity contribution < 1.29 is 0 Å². The van der Waals surface area contributed by atoms with Crippen molar-refractivity contribution in [2.24, 2.45) is 0 Å². The SMILES string of the molecule is CCNC1CCC(C)(c2csc(C)c2)C1. The summed E-state index contributed by atoms with van der Waals surface area (Å²) in [5, 5.41) is 5.93. The van der Waals surface area contributed by atoms with Crippen molar-refractivity contribution in [3.8, 4) is 0 Å². The highest BCUT2D eigenvalue weighted by atomic mass is 32.1. The van der Waals surface area contributed by atoms with Crippen LogP contribution in [0.3, 0.4) is 0 Å². The van der Waals surface area contributed by atoms with E-state index in [1.54, 1.807) is 5.56 Å². The third-order valence-corrected chi connectivity index (χ3v) is 4.52. The molecule has 2 unspecified atom stereocenters. The first-order valence-electron chi connectivity index (χ1n) is 5.93. The molecule has 1 aliphatic carbocycles. The van der Waals surface area contributed by atoms with Crippen molar-refractivity contribution in [3.05, 3.63) is 21.9 Å². The average Bonchev–Trinajstić information content (AvgIpc) is 2.75. The molecule has 0 aromatic carbocycles. The van der Waals surface area contributed by atoms with Crippen LogP contribution in [0.25, 0.3) is 0 Å². The Kier molecular flexibility index (Phi) is 3.17. The number of rotatable bonds is 3. The third-order valence-electron chi connectivity index (χ3n) is 3.66. The van der Waals surface area contributed by atoms with Gasteiger partial charge in [0.1, 0.15) is 0 Å². The van der Waals surface area contributed by atoms with Gasteiger partial charge in [-0.25, -0.2) is 0 Å². The summed E-state index contributed by atoms with van der Waals surface area (Å²) in [6.07, 6.45) is 3.97. The molecule has 15 heavy (non-hydrogen) atoms. The maximum Gasteiger partial charge on any atom is 0.00756 e. The van der Waals surface area contributed by atoms with E-state index >= 15 is 0 Å². The predicted molar refractivity (Wildman–Crippen MR) is 67.7 cm³/mol. The molecular weight excluding hydrogens is 202 g/mol. The van der Waals surface area contributed by atoms with Crippen LogP contribution in [0.2, 0.25) is 0 Å². The topological polar surface area (TPSA) is 12.0 Å². The lowest BCUT2D eigenvalue weighted by atomic mass is 9.82. The van der Waals surface area contributed by atoms with Gasteiger partial charge in [0, 0.05) is 10.9 Å². The molecule has 2 heteroatoms. The maximum absolute atomic E-state index is 3.58. The van der Waals surface area contributed by atoms with Gasteiger partial charge in [-0.15, -0.1) is 11.3 Å². The second-order valence-electron chi connectivity index (χ2n) is 5.00. The molecule has 0 aliphatic heterocycles. The van der Waals surface area contributed by atoms with E-state index in [1.165, 1.54) is 24.1 Å². The Bertz CT molecular complexity index is 331. The van der Waals surface area contributed by atoms with Crippen LogP contribution in [-0.2, 0) is 5.41 Å². The van der Waals surface area contributed by atoms with Crippen LogP contribution in [0.1, 0.15) is 43.6 Å². The van der Waals surface area contributed by atoms with Crippen LogP contribution < -0.4 is 5.32 Å². The fraction of sp³-hybridized carbons (Fsp3) is 0.692. The molecule has 1 saturated carbocycles. The Morgan fingerprint density at radius 3 is 3.00 bits per heavy atom. The van der Waals surface area contributed by atoms with Gasteiger partial charge in [0.05, 0.1) is 0 Å². The van der Waals surface area contributed by atoms with Crippen molar-refractivity contribution in [2.75, 3.05) is 6.54 Å². The molecule has 1 heterocycles. The highest BCUT2D eigenvalue weighted by Gasteiger charge is 2.36. The molecule has 0 radical (unpaired) electrons. The molecule has 1 aliphatic rings. The van der Waals surface area contributed by atoms with E-state index in [2.05, 4.69) is 37.5 Å². The molecule has 1 nitrogen and oxygen atoms in total. The lowest BCUT2D eigenvalue weighted by molar-refractivity contribution is 0.459. The normalized spacial score (nSPS) is 31.0. The van der Waals surface area contributed by atoms with Gasteiger partial charge in [-0.3, -0.25) is 0 Å². The highest BCUT2D eigenvalue weighted by molar-refractivity contribution is 7.10. The summed E-state index contributed by atoms with van der Waals surface area (Å²) in [6.45, 7) is 7.92. The predicted octanol–water partition coefficient (Wildman–Crippen LogP) is 3.48. The summed E-state index contributed by atoms with van der Waals surface area (Å²) in [5.41, 5.74) is 1.99. The summed E-state index contributed by atoms with van der Waals surface area (Å²) in [7, 11) is 0. The largest absolute Gasteiger partial charge is 0.314 e. The van der Waals surface area contributed by atoms with E-state index in [-0.39, 0.29) is 0 Å². The fourth-order valence-corrected chi connectivity index (χ4v) is 3.59. The van der Waals surface area contributed by atoms with Gasteiger partial charge in [-0.05, 0) is 55.2 Å². The lowest BCUT2D eigenvalue weighted by Crippen LogP contribution is -2.28. The molecule has 84 valence electrons. The first-order chi connectivity index (χ1) is 7.14. The summed E-state index contributed by atoms with van der Waals surface area (Å²) >= 11 is 1.88. The maximum atomic E-state index is 3.58. The van der Waals surface area contributed by atoms with Crippen LogP contribution in [0.5, 0.6) is 0 Å². The van der Waals surface area contributed by atoms with Crippen LogP contribution >= 0.6 is 11.3 Å². The lowest BCUT2D eigenvalue weighted by Gasteiger charge is -2.23. The number of thiophene rings is 1. The average molecular weight is 223 g/mol. The molecule has 1 aromatic rings. The zero-order valence-electron chi connectivity index (χ0n) is 9.97. The van der Waals surface area contributed by atoms with Gasteiger partial charge >= 0.3 is 0 Å². The number of hydrogen-bond acceptors (Lipinski definition) is 2. The summed E-state index contributed by atoms with van der Waals surface area (Å²) < 4.78 is 0. The van der Waals surface area contributed by atoms with Crippen molar-refractivity contribution in [2.45, 2.75) is 51.5 Å². The van der Waals surface area contributed by atoms with Crippen molar-refractivity contribution in [3.63, 3.8) is 0 Å². The van der Waals surface area contributed by atoms with Crippen LogP contribution in [0.15, 0.2) is 11.4 Å². The van der Waals surface area contributed by atoms with Gasteiger partial charge in [0.2, 0.25) is 0 Å². The van der Waals surface area contributed by atoms with Gasteiger partial charge in [-0.2, -0.15) is 0 Å². The summed E-state index contributed by atoms with van der Waals surface area (Å²) in [6, 6.07) is 3.11. The molecule has 1 N–H and O–H groups in total. The van der Waals surface area contributed by atoms with Crippen molar-refractivity contribution in [1.29, 1.82) is 0 Å². The molecule has 0 saturated heterocycles. The Hall–Kier alpha value is -0.340.